The van der Waals surface area contributed by atoms with E-state index in [4.69, 9.17) is 29.1 Å². The van der Waals surface area contributed by atoms with Crippen LogP contribution in [0.15, 0.2) is 0 Å². The highest BCUT2D eigenvalue weighted by Gasteiger charge is 2.50. The van der Waals surface area contributed by atoms with Crippen LogP contribution >= 0.6 is 7.82 Å². The molecule has 27 heavy (non-hydrogen) atoms. The van der Waals surface area contributed by atoms with Gasteiger partial charge in [0.15, 0.2) is 12.6 Å². The van der Waals surface area contributed by atoms with E-state index in [0.717, 1.165) is 0 Å². The summed E-state index contributed by atoms with van der Waals surface area (Å²) in [6, 6.07) is 0. The lowest BCUT2D eigenvalue weighted by Crippen LogP contribution is -2.64. The largest absolute Gasteiger partial charge is 0.469 e. The zero-order valence-corrected chi connectivity index (χ0v) is 14.6. The van der Waals surface area contributed by atoms with Gasteiger partial charge in [-0.25, -0.2) is 4.57 Å². The zero-order chi connectivity index (χ0) is 20.5. The molecular formula is C12H23O14P. The molecule has 2 rings (SSSR count). The van der Waals surface area contributed by atoms with Gasteiger partial charge in [-0.2, -0.15) is 0 Å². The summed E-state index contributed by atoms with van der Waals surface area (Å²) in [5, 5.41) is 68.4. The van der Waals surface area contributed by atoms with Crippen LogP contribution in [0.3, 0.4) is 0 Å². The molecule has 2 fully saturated rings. The molecule has 9 N–H and O–H groups in total. The van der Waals surface area contributed by atoms with Gasteiger partial charge in [0.2, 0.25) is 0 Å². The summed E-state index contributed by atoms with van der Waals surface area (Å²) in [5.74, 6) is 0. The van der Waals surface area contributed by atoms with Crippen LogP contribution in [-0.2, 0) is 23.3 Å². The Kier molecular flexibility index (Phi) is 7.68. The molecule has 2 aliphatic heterocycles. The minimum absolute atomic E-state index is 0.735. The Balaban J connectivity index is 2.03. The number of hydrogen-bond donors (Lipinski definition) is 9. The third-order valence-electron chi connectivity index (χ3n) is 4.21. The molecule has 160 valence electrons. The Labute approximate surface area is 152 Å². The molecule has 2 heterocycles. The maximum Gasteiger partial charge on any atom is 0.469 e. The van der Waals surface area contributed by atoms with E-state index in [1.165, 1.54) is 0 Å². The molecule has 0 radical (unpaired) electrons. The van der Waals surface area contributed by atoms with Gasteiger partial charge < -0.3 is 59.7 Å². The van der Waals surface area contributed by atoms with E-state index in [1.807, 2.05) is 0 Å². The standard InChI is InChI=1S/C12H23O14P/c13-1-3-5(14)7(16)9(18)12(25-3)26-10-8(17)6(15)4(24-11(10)19)2-23-27(20,21)22/h3-19H,1-2H2,(H2,20,21,22)/t3-,4-,5-,6-,7+,8+,9-,10-,11+,12-/m1/s1. The predicted molar refractivity (Wildman–Crippen MR) is 79.5 cm³/mol. The molecule has 0 unspecified atom stereocenters. The van der Waals surface area contributed by atoms with Gasteiger partial charge in [0.05, 0.1) is 13.2 Å². The molecule has 14 nitrogen and oxygen atoms in total. The van der Waals surface area contributed by atoms with Gasteiger partial charge in [0, 0.05) is 0 Å². The molecule has 0 aromatic rings. The number of aliphatic hydroxyl groups excluding tert-OH is 7. The number of rotatable bonds is 6. The molecule has 0 saturated carbocycles. The lowest BCUT2D eigenvalue weighted by Gasteiger charge is -2.45. The molecule has 0 spiro atoms. The van der Waals surface area contributed by atoms with Crippen molar-refractivity contribution in [1.82, 2.24) is 0 Å². The van der Waals surface area contributed by atoms with Crippen molar-refractivity contribution in [3.8, 4) is 0 Å². The molecule has 0 amide bonds. The third kappa shape index (κ3) is 5.41. The molecule has 2 aliphatic rings. The Hall–Kier alpha value is -0.290. The monoisotopic (exact) mass is 422 g/mol. The van der Waals surface area contributed by atoms with E-state index in [9.17, 15) is 35.2 Å². The minimum Gasteiger partial charge on any atom is -0.394 e. The lowest BCUT2D eigenvalue weighted by molar-refractivity contribution is -0.361. The van der Waals surface area contributed by atoms with Gasteiger partial charge in [-0.15, -0.1) is 0 Å². The van der Waals surface area contributed by atoms with Gasteiger partial charge in [0.1, 0.15) is 48.8 Å². The van der Waals surface area contributed by atoms with Gasteiger partial charge >= 0.3 is 7.82 Å². The summed E-state index contributed by atoms with van der Waals surface area (Å²) in [6.07, 6.45) is -17.1. The molecule has 15 heteroatoms. The summed E-state index contributed by atoms with van der Waals surface area (Å²) >= 11 is 0. The Morgan fingerprint density at radius 3 is 1.96 bits per heavy atom. The average Bonchev–Trinajstić information content (AvgIpc) is 2.59. The highest BCUT2D eigenvalue weighted by Crippen LogP contribution is 2.37. The van der Waals surface area contributed by atoms with Crippen molar-refractivity contribution in [2.75, 3.05) is 13.2 Å². The van der Waals surface area contributed by atoms with Crippen LogP contribution in [0.25, 0.3) is 0 Å². The van der Waals surface area contributed by atoms with Gasteiger partial charge in [-0.05, 0) is 0 Å². The fourth-order valence-electron chi connectivity index (χ4n) is 2.71. The van der Waals surface area contributed by atoms with Crippen molar-refractivity contribution in [3.63, 3.8) is 0 Å². The van der Waals surface area contributed by atoms with Gasteiger partial charge in [0.25, 0.3) is 0 Å². The summed E-state index contributed by atoms with van der Waals surface area (Å²) in [5.41, 5.74) is 0. The third-order valence-corrected chi connectivity index (χ3v) is 4.69. The second-order valence-corrected chi connectivity index (χ2v) is 7.37. The SMILES string of the molecule is O=P(O)(O)OC[C@H]1O[C@H](O)[C@H](O[C@H]2O[C@H](CO)[C@@H](O)[C@H](O)[C@H]2O)[C@@H](O)[C@@H]1O. The normalized spacial score (nSPS) is 46.4. The second kappa shape index (κ2) is 9.02. The minimum atomic E-state index is -4.89. The first kappa shape index (κ1) is 23.0. The second-order valence-electron chi connectivity index (χ2n) is 6.13. The van der Waals surface area contributed by atoms with E-state index in [2.05, 4.69) is 4.52 Å². The summed E-state index contributed by atoms with van der Waals surface area (Å²) in [6.45, 7) is -1.59. The first-order valence-electron chi connectivity index (χ1n) is 7.82. The number of hydrogen-bond acceptors (Lipinski definition) is 12. The highest BCUT2D eigenvalue weighted by molar-refractivity contribution is 7.46. The van der Waals surface area contributed by atoms with Crippen molar-refractivity contribution in [3.05, 3.63) is 0 Å². The van der Waals surface area contributed by atoms with E-state index < -0.39 is 82.4 Å². The smallest absolute Gasteiger partial charge is 0.394 e. The van der Waals surface area contributed by atoms with Crippen molar-refractivity contribution in [2.24, 2.45) is 0 Å². The Morgan fingerprint density at radius 2 is 1.41 bits per heavy atom. The summed E-state index contributed by atoms with van der Waals surface area (Å²) < 4.78 is 30.0. The van der Waals surface area contributed by atoms with Crippen LogP contribution in [0.5, 0.6) is 0 Å². The maximum atomic E-state index is 10.7. The number of ether oxygens (including phenoxy) is 3. The molecule has 2 saturated heterocycles. The van der Waals surface area contributed by atoms with Crippen molar-refractivity contribution >= 4 is 7.82 Å². The van der Waals surface area contributed by atoms with Crippen molar-refractivity contribution in [2.45, 2.75) is 61.4 Å². The number of phosphoric ester groups is 1. The fourth-order valence-corrected chi connectivity index (χ4v) is 3.05. The maximum absolute atomic E-state index is 10.7. The first-order chi connectivity index (χ1) is 12.5. The van der Waals surface area contributed by atoms with E-state index in [0.29, 0.717) is 0 Å². The van der Waals surface area contributed by atoms with Crippen molar-refractivity contribution < 1.29 is 68.8 Å². The predicted octanol–water partition coefficient (Wildman–Crippen LogP) is -5.28. The quantitative estimate of drug-likeness (QED) is 0.182. The van der Waals surface area contributed by atoms with E-state index in [1.54, 1.807) is 0 Å². The van der Waals surface area contributed by atoms with Crippen LogP contribution in [0, 0.1) is 0 Å². The summed E-state index contributed by atoms with van der Waals surface area (Å²) in [7, 11) is -4.89. The Morgan fingerprint density at radius 1 is 0.815 bits per heavy atom. The molecule has 10 atom stereocenters. The van der Waals surface area contributed by atoms with Gasteiger partial charge in [-0.1, -0.05) is 0 Å². The molecule has 0 bridgehead atoms. The van der Waals surface area contributed by atoms with Crippen molar-refractivity contribution in [1.29, 1.82) is 0 Å². The lowest BCUT2D eigenvalue weighted by atomic mass is 9.97. The van der Waals surface area contributed by atoms with E-state index >= 15 is 0 Å². The first-order valence-corrected chi connectivity index (χ1v) is 9.35. The molecule has 0 aromatic carbocycles. The van der Waals surface area contributed by atoms with Crippen LogP contribution in [0.1, 0.15) is 0 Å². The summed E-state index contributed by atoms with van der Waals surface area (Å²) in [4.78, 5) is 17.3. The molecular weight excluding hydrogens is 399 g/mol. The average molecular weight is 422 g/mol. The van der Waals surface area contributed by atoms with Crippen LogP contribution < -0.4 is 0 Å². The zero-order valence-electron chi connectivity index (χ0n) is 13.7. The van der Waals surface area contributed by atoms with Crippen LogP contribution in [0.2, 0.25) is 0 Å². The number of phosphoric acid groups is 1. The molecule has 0 aromatic heterocycles. The highest BCUT2D eigenvalue weighted by atomic mass is 31.2. The van der Waals surface area contributed by atoms with Crippen LogP contribution in [-0.4, -0.2) is 120 Å². The number of aliphatic hydroxyl groups is 7. The molecule has 0 aliphatic carbocycles. The topological polar surface area (TPSA) is 236 Å². The van der Waals surface area contributed by atoms with E-state index in [-0.39, 0.29) is 0 Å². The Bertz CT molecular complexity index is 526. The van der Waals surface area contributed by atoms with Crippen LogP contribution in [0.4, 0.5) is 0 Å². The van der Waals surface area contributed by atoms with Gasteiger partial charge in [-0.3, -0.25) is 4.52 Å². The fraction of sp³-hybridized carbons (Fsp3) is 1.00.